The first-order chi connectivity index (χ1) is 12.5. The summed E-state index contributed by atoms with van der Waals surface area (Å²) in [6.45, 7) is 4.39. The van der Waals surface area contributed by atoms with Gasteiger partial charge in [-0.1, -0.05) is 17.8 Å². The van der Waals surface area contributed by atoms with Crippen LogP contribution in [0, 0.1) is 10.1 Å². The predicted molar refractivity (Wildman–Crippen MR) is 99.4 cm³/mol. The molecular weight excluding hydrogens is 354 g/mol. The highest BCUT2D eigenvalue weighted by Gasteiger charge is 2.30. The molecule has 1 heterocycles. The first-order valence-corrected chi connectivity index (χ1v) is 9.17. The van der Waals surface area contributed by atoms with Gasteiger partial charge in [0.2, 0.25) is 5.91 Å². The van der Waals surface area contributed by atoms with E-state index in [1.54, 1.807) is 25.3 Å². The molecule has 136 valence electrons. The zero-order valence-corrected chi connectivity index (χ0v) is 15.2. The Morgan fingerprint density at radius 1 is 1.42 bits per heavy atom. The van der Waals surface area contributed by atoms with Gasteiger partial charge >= 0.3 is 0 Å². The highest BCUT2D eigenvalue weighted by atomic mass is 32.2. The van der Waals surface area contributed by atoms with Crippen molar-refractivity contribution in [3.63, 3.8) is 0 Å². The van der Waals surface area contributed by atoms with Crippen LogP contribution in [0.3, 0.4) is 0 Å². The Morgan fingerprint density at radius 2 is 2.12 bits per heavy atom. The molecule has 1 aromatic heterocycles. The minimum Gasteiger partial charge on any atom is -0.315 e. The standard InChI is InChI=1S/C17H19N5O3S/c1-3-10-21-16(12-4-5-12)18-19-17(21)26-11-15(23)20(2)13-6-8-14(9-7-13)22(24)25/h3,6-9,12H,1,4-5,10-11H2,2H3. The lowest BCUT2D eigenvalue weighted by Gasteiger charge is -2.17. The Bertz CT molecular complexity index is 829. The van der Waals surface area contributed by atoms with Gasteiger partial charge in [0.25, 0.3) is 5.69 Å². The molecule has 0 aliphatic heterocycles. The van der Waals surface area contributed by atoms with Gasteiger partial charge < -0.3 is 9.47 Å². The van der Waals surface area contributed by atoms with Gasteiger partial charge in [0.1, 0.15) is 5.82 Å². The fourth-order valence-corrected chi connectivity index (χ4v) is 3.38. The zero-order valence-electron chi connectivity index (χ0n) is 14.4. The number of benzene rings is 1. The Balaban J connectivity index is 1.64. The molecule has 0 radical (unpaired) electrons. The number of thioether (sulfide) groups is 1. The van der Waals surface area contributed by atoms with E-state index in [2.05, 4.69) is 16.8 Å². The first-order valence-electron chi connectivity index (χ1n) is 8.19. The van der Waals surface area contributed by atoms with Crippen molar-refractivity contribution in [3.05, 3.63) is 52.9 Å². The maximum absolute atomic E-state index is 12.5. The van der Waals surface area contributed by atoms with Gasteiger partial charge in [-0.3, -0.25) is 14.9 Å². The van der Waals surface area contributed by atoms with E-state index in [9.17, 15) is 14.9 Å². The highest BCUT2D eigenvalue weighted by molar-refractivity contribution is 7.99. The third kappa shape index (κ3) is 3.93. The average Bonchev–Trinajstić information content (AvgIpc) is 3.41. The molecule has 1 saturated carbocycles. The summed E-state index contributed by atoms with van der Waals surface area (Å²) in [4.78, 5) is 24.2. The Kier molecular flexibility index (Phi) is 5.36. The van der Waals surface area contributed by atoms with Crippen LogP contribution in [-0.4, -0.2) is 38.4 Å². The van der Waals surface area contributed by atoms with E-state index in [0.29, 0.717) is 23.3 Å². The molecule has 8 nitrogen and oxygen atoms in total. The maximum atomic E-state index is 12.5. The Labute approximate surface area is 155 Å². The second kappa shape index (κ2) is 7.69. The lowest BCUT2D eigenvalue weighted by molar-refractivity contribution is -0.384. The minimum atomic E-state index is -0.467. The van der Waals surface area contributed by atoms with Crippen LogP contribution in [0.15, 0.2) is 42.1 Å². The second-order valence-electron chi connectivity index (χ2n) is 6.03. The van der Waals surface area contributed by atoms with Gasteiger partial charge in [-0.15, -0.1) is 16.8 Å². The van der Waals surface area contributed by atoms with Crippen LogP contribution in [0.2, 0.25) is 0 Å². The maximum Gasteiger partial charge on any atom is 0.269 e. The summed E-state index contributed by atoms with van der Waals surface area (Å²) in [5, 5.41) is 19.9. The van der Waals surface area contributed by atoms with Crippen LogP contribution in [0.4, 0.5) is 11.4 Å². The normalized spacial score (nSPS) is 13.4. The topological polar surface area (TPSA) is 94.2 Å². The van der Waals surface area contributed by atoms with Crippen molar-refractivity contribution in [1.29, 1.82) is 0 Å². The van der Waals surface area contributed by atoms with E-state index in [0.717, 1.165) is 18.7 Å². The quantitative estimate of drug-likeness (QED) is 0.306. The molecule has 1 aromatic carbocycles. The van der Waals surface area contributed by atoms with E-state index in [-0.39, 0.29) is 17.3 Å². The van der Waals surface area contributed by atoms with Gasteiger partial charge in [0.15, 0.2) is 5.16 Å². The molecule has 26 heavy (non-hydrogen) atoms. The molecule has 2 aromatic rings. The fraction of sp³-hybridized carbons (Fsp3) is 0.353. The number of rotatable bonds is 8. The number of anilines is 1. The number of amides is 1. The second-order valence-corrected chi connectivity index (χ2v) is 6.97. The van der Waals surface area contributed by atoms with E-state index in [1.807, 2.05) is 4.57 Å². The molecule has 0 N–H and O–H groups in total. The zero-order chi connectivity index (χ0) is 18.7. The molecule has 0 spiro atoms. The van der Waals surface area contributed by atoms with Crippen molar-refractivity contribution in [3.8, 4) is 0 Å². The number of carbonyl (C=O) groups excluding carboxylic acids is 1. The Hall–Kier alpha value is -2.68. The number of hydrogen-bond acceptors (Lipinski definition) is 6. The number of nitro groups is 1. The van der Waals surface area contributed by atoms with Crippen molar-refractivity contribution in [1.82, 2.24) is 14.8 Å². The van der Waals surface area contributed by atoms with Crippen molar-refractivity contribution in [2.45, 2.75) is 30.5 Å². The Morgan fingerprint density at radius 3 is 2.69 bits per heavy atom. The monoisotopic (exact) mass is 373 g/mol. The molecule has 0 unspecified atom stereocenters. The number of non-ortho nitro benzene ring substituents is 1. The molecular formula is C17H19N5O3S. The van der Waals surface area contributed by atoms with Gasteiger partial charge in [-0.2, -0.15) is 0 Å². The van der Waals surface area contributed by atoms with Crippen molar-refractivity contribution in [2.24, 2.45) is 0 Å². The van der Waals surface area contributed by atoms with Gasteiger partial charge in [0, 0.05) is 37.3 Å². The minimum absolute atomic E-state index is 0.00546. The average molecular weight is 373 g/mol. The van der Waals surface area contributed by atoms with Crippen LogP contribution >= 0.6 is 11.8 Å². The van der Waals surface area contributed by atoms with Gasteiger partial charge in [0.05, 0.1) is 10.7 Å². The summed E-state index contributed by atoms with van der Waals surface area (Å²) in [5.41, 5.74) is 0.599. The first kappa shape index (κ1) is 18.1. The summed E-state index contributed by atoms with van der Waals surface area (Å²) < 4.78 is 2.01. The molecule has 1 fully saturated rings. The number of aromatic nitrogens is 3. The summed E-state index contributed by atoms with van der Waals surface area (Å²) in [6.07, 6.45) is 4.05. The van der Waals surface area contributed by atoms with E-state index in [1.165, 1.54) is 28.8 Å². The third-order valence-electron chi connectivity index (χ3n) is 4.15. The summed E-state index contributed by atoms with van der Waals surface area (Å²) in [7, 11) is 1.65. The van der Waals surface area contributed by atoms with Crippen molar-refractivity contribution in [2.75, 3.05) is 17.7 Å². The van der Waals surface area contributed by atoms with Gasteiger partial charge in [-0.05, 0) is 25.0 Å². The van der Waals surface area contributed by atoms with E-state index in [4.69, 9.17) is 0 Å². The molecule has 3 rings (SSSR count). The molecule has 1 aliphatic rings. The molecule has 0 bridgehead atoms. The van der Waals surface area contributed by atoms with Crippen LogP contribution in [-0.2, 0) is 11.3 Å². The van der Waals surface area contributed by atoms with E-state index < -0.39 is 4.92 Å². The number of carbonyl (C=O) groups is 1. The molecule has 1 amide bonds. The smallest absolute Gasteiger partial charge is 0.269 e. The fourth-order valence-electron chi connectivity index (χ4n) is 2.52. The van der Waals surface area contributed by atoms with Crippen LogP contribution < -0.4 is 4.90 Å². The van der Waals surface area contributed by atoms with Crippen LogP contribution in [0.5, 0.6) is 0 Å². The van der Waals surface area contributed by atoms with Crippen LogP contribution in [0.1, 0.15) is 24.6 Å². The number of nitro benzene ring substituents is 1. The van der Waals surface area contributed by atoms with Crippen molar-refractivity contribution < 1.29 is 9.72 Å². The number of nitrogens with zero attached hydrogens (tertiary/aromatic N) is 5. The molecule has 1 aliphatic carbocycles. The molecule has 0 atom stereocenters. The summed E-state index contributed by atoms with van der Waals surface area (Å²) in [6, 6.07) is 5.89. The number of hydrogen-bond donors (Lipinski definition) is 0. The SMILES string of the molecule is C=CCn1c(SCC(=O)N(C)c2ccc([N+](=O)[O-])cc2)nnc1C1CC1. The molecule has 0 saturated heterocycles. The lowest BCUT2D eigenvalue weighted by atomic mass is 10.2. The van der Waals surface area contributed by atoms with Gasteiger partial charge in [-0.25, -0.2) is 0 Å². The van der Waals surface area contributed by atoms with E-state index >= 15 is 0 Å². The highest BCUT2D eigenvalue weighted by Crippen LogP contribution is 2.40. The third-order valence-corrected chi connectivity index (χ3v) is 5.10. The van der Waals surface area contributed by atoms with Crippen LogP contribution in [0.25, 0.3) is 0 Å². The number of allylic oxidation sites excluding steroid dienone is 1. The van der Waals surface area contributed by atoms with Crippen molar-refractivity contribution >= 4 is 29.0 Å². The molecule has 9 heteroatoms. The predicted octanol–water partition coefficient (Wildman–Crippen LogP) is 3.00. The lowest BCUT2D eigenvalue weighted by Crippen LogP contribution is -2.28. The summed E-state index contributed by atoms with van der Waals surface area (Å²) in [5.74, 6) is 1.51. The summed E-state index contributed by atoms with van der Waals surface area (Å²) >= 11 is 1.33. The largest absolute Gasteiger partial charge is 0.315 e.